The molecule has 0 spiro atoms. The molecule has 184 valence electrons. The Hall–Kier alpha value is -3.14. The Balaban J connectivity index is 1.55. The van der Waals surface area contributed by atoms with Gasteiger partial charge in [0.2, 0.25) is 0 Å². The summed E-state index contributed by atoms with van der Waals surface area (Å²) < 4.78 is 5.81. The highest BCUT2D eigenvalue weighted by atomic mass is 32.2. The van der Waals surface area contributed by atoms with E-state index < -0.39 is 11.2 Å². The van der Waals surface area contributed by atoms with Gasteiger partial charge >= 0.3 is 5.69 Å². The fourth-order valence-corrected chi connectivity index (χ4v) is 5.34. The van der Waals surface area contributed by atoms with E-state index in [0.717, 1.165) is 48.1 Å². The Kier molecular flexibility index (Phi) is 6.64. The first-order chi connectivity index (χ1) is 17.0. The van der Waals surface area contributed by atoms with Crippen LogP contribution in [0.4, 0.5) is 0 Å². The molecule has 10 heteroatoms. The van der Waals surface area contributed by atoms with Crippen molar-refractivity contribution in [3.8, 4) is 0 Å². The van der Waals surface area contributed by atoms with Crippen LogP contribution in [-0.2, 0) is 18.8 Å². The predicted octanol–water partition coefficient (Wildman–Crippen LogP) is 4.08. The third-order valence-corrected chi connectivity index (χ3v) is 7.27. The smallest absolute Gasteiger partial charge is 0.321 e. The lowest BCUT2D eigenvalue weighted by atomic mass is 10.2. The van der Waals surface area contributed by atoms with E-state index in [1.54, 1.807) is 16.3 Å². The molecule has 0 saturated heterocycles. The molecule has 3 heterocycles. The first-order valence-corrected chi connectivity index (χ1v) is 13.3. The van der Waals surface area contributed by atoms with E-state index >= 15 is 0 Å². The molecule has 3 aromatic heterocycles. The molecule has 1 aromatic carbocycles. The number of H-pyrrole nitrogens is 1. The summed E-state index contributed by atoms with van der Waals surface area (Å²) in [5.41, 5.74) is 1.02. The van der Waals surface area contributed by atoms with Crippen molar-refractivity contribution >= 4 is 22.9 Å². The minimum atomic E-state index is -0.444. The van der Waals surface area contributed by atoms with Crippen molar-refractivity contribution in [3.05, 3.63) is 68.4 Å². The van der Waals surface area contributed by atoms with Crippen molar-refractivity contribution in [2.75, 3.05) is 0 Å². The van der Waals surface area contributed by atoms with Crippen LogP contribution in [0.5, 0.6) is 0 Å². The van der Waals surface area contributed by atoms with Gasteiger partial charge in [-0.25, -0.2) is 9.78 Å². The molecule has 5 rings (SSSR count). The van der Waals surface area contributed by atoms with Gasteiger partial charge in [-0.2, -0.15) is 0 Å². The topological polar surface area (TPSA) is 103 Å². The number of thioether (sulfide) groups is 1. The van der Waals surface area contributed by atoms with E-state index in [1.165, 1.54) is 0 Å². The largest absolute Gasteiger partial charge is 0.330 e. The van der Waals surface area contributed by atoms with Gasteiger partial charge in [-0.15, -0.1) is 10.2 Å². The molecule has 0 radical (unpaired) electrons. The molecule has 1 saturated carbocycles. The summed E-state index contributed by atoms with van der Waals surface area (Å²) in [7, 11) is 0. The first-order valence-electron chi connectivity index (χ1n) is 12.3. The number of aromatic amines is 1. The average molecular weight is 494 g/mol. The van der Waals surface area contributed by atoms with Gasteiger partial charge in [0, 0.05) is 18.5 Å². The molecule has 1 aliphatic rings. The predicted molar refractivity (Wildman–Crippen MR) is 137 cm³/mol. The molecular weight excluding hydrogens is 462 g/mol. The molecule has 4 aromatic rings. The number of rotatable bonds is 10. The van der Waals surface area contributed by atoms with Gasteiger partial charge in [-0.1, -0.05) is 69.3 Å². The van der Waals surface area contributed by atoms with Crippen LogP contribution in [0.25, 0.3) is 11.2 Å². The van der Waals surface area contributed by atoms with Crippen molar-refractivity contribution in [2.24, 2.45) is 0 Å². The highest BCUT2D eigenvalue weighted by Gasteiger charge is 2.30. The minimum Gasteiger partial charge on any atom is -0.321 e. The lowest BCUT2D eigenvalue weighted by Crippen LogP contribution is -2.31. The summed E-state index contributed by atoms with van der Waals surface area (Å²) in [5, 5.41) is 9.83. The van der Waals surface area contributed by atoms with Gasteiger partial charge < -0.3 is 9.13 Å². The van der Waals surface area contributed by atoms with Crippen molar-refractivity contribution in [1.29, 1.82) is 0 Å². The molecule has 0 amide bonds. The van der Waals surface area contributed by atoms with Gasteiger partial charge in [0.25, 0.3) is 5.56 Å². The van der Waals surface area contributed by atoms with Crippen LogP contribution in [0.15, 0.2) is 45.1 Å². The van der Waals surface area contributed by atoms with Crippen molar-refractivity contribution in [1.82, 2.24) is 33.9 Å². The Bertz CT molecular complexity index is 1440. The molecule has 1 fully saturated rings. The minimum absolute atomic E-state index is 0.303. The lowest BCUT2D eigenvalue weighted by Gasteiger charge is -2.11. The number of benzene rings is 1. The first kappa shape index (κ1) is 23.6. The van der Waals surface area contributed by atoms with E-state index in [4.69, 9.17) is 4.98 Å². The zero-order chi connectivity index (χ0) is 24.5. The number of hydrogen-bond donors (Lipinski definition) is 1. The second kappa shape index (κ2) is 9.85. The highest BCUT2D eigenvalue weighted by molar-refractivity contribution is 7.98. The van der Waals surface area contributed by atoms with Crippen LogP contribution < -0.4 is 11.2 Å². The monoisotopic (exact) mass is 493 g/mol. The quantitative estimate of drug-likeness (QED) is 0.334. The molecule has 1 N–H and O–H groups in total. The number of fused-ring (bicyclic) bond motifs is 1. The van der Waals surface area contributed by atoms with Crippen LogP contribution in [0, 0.1) is 0 Å². The molecule has 9 nitrogen and oxygen atoms in total. The van der Waals surface area contributed by atoms with E-state index in [9.17, 15) is 9.59 Å². The molecule has 0 atom stereocenters. The van der Waals surface area contributed by atoms with Crippen LogP contribution in [0.3, 0.4) is 0 Å². The summed E-state index contributed by atoms with van der Waals surface area (Å²) in [6, 6.07) is 10.2. The molecule has 35 heavy (non-hydrogen) atoms. The Morgan fingerprint density at radius 1 is 1.11 bits per heavy atom. The SMILES string of the molecule is CCCCn1c(CSc2nnc(C(C)C)n2C2CC2)nc2c1c(=O)[nH]c(=O)n2Cc1ccccc1. The van der Waals surface area contributed by atoms with E-state index in [1.807, 2.05) is 34.9 Å². The number of nitrogens with one attached hydrogen (secondary N) is 1. The second-order valence-corrected chi connectivity index (χ2v) is 10.4. The normalized spacial score (nSPS) is 13.8. The summed E-state index contributed by atoms with van der Waals surface area (Å²) in [5.74, 6) is 2.63. The number of aryl methyl sites for hydroxylation is 1. The van der Waals surface area contributed by atoms with Gasteiger partial charge in [-0.05, 0) is 24.8 Å². The summed E-state index contributed by atoms with van der Waals surface area (Å²) >= 11 is 1.60. The fraction of sp³-hybridized carbons (Fsp3) is 0.480. The van der Waals surface area contributed by atoms with Crippen LogP contribution >= 0.6 is 11.8 Å². The average Bonchev–Trinajstić information content (AvgIpc) is 3.48. The zero-order valence-corrected chi connectivity index (χ0v) is 21.2. The Labute approximate surface area is 207 Å². The maximum atomic E-state index is 12.9. The van der Waals surface area contributed by atoms with Crippen molar-refractivity contribution in [2.45, 2.75) is 82.4 Å². The third kappa shape index (κ3) is 4.71. The fourth-order valence-electron chi connectivity index (χ4n) is 4.38. The molecule has 1 aliphatic carbocycles. The maximum absolute atomic E-state index is 12.9. The van der Waals surface area contributed by atoms with E-state index in [2.05, 4.69) is 40.5 Å². The van der Waals surface area contributed by atoms with Gasteiger partial charge in [0.15, 0.2) is 16.3 Å². The summed E-state index contributed by atoms with van der Waals surface area (Å²) in [6.07, 6.45) is 4.21. The van der Waals surface area contributed by atoms with Crippen LogP contribution in [-0.4, -0.2) is 33.9 Å². The third-order valence-electron chi connectivity index (χ3n) is 6.33. The maximum Gasteiger partial charge on any atom is 0.330 e. The molecule has 0 bridgehead atoms. The number of nitrogens with zero attached hydrogens (tertiary/aromatic N) is 6. The van der Waals surface area contributed by atoms with Gasteiger partial charge in [0.1, 0.15) is 11.6 Å². The zero-order valence-electron chi connectivity index (χ0n) is 20.4. The number of hydrogen-bond acceptors (Lipinski definition) is 6. The van der Waals surface area contributed by atoms with Crippen LogP contribution in [0.2, 0.25) is 0 Å². The highest BCUT2D eigenvalue weighted by Crippen LogP contribution is 2.40. The van der Waals surface area contributed by atoms with Crippen LogP contribution in [0.1, 0.15) is 75.6 Å². The summed E-state index contributed by atoms with van der Waals surface area (Å²) in [4.78, 5) is 33.1. The molecule has 0 aliphatic heterocycles. The van der Waals surface area contributed by atoms with E-state index in [-0.39, 0.29) is 0 Å². The molecule has 0 unspecified atom stereocenters. The van der Waals surface area contributed by atoms with Crippen molar-refractivity contribution in [3.63, 3.8) is 0 Å². The van der Waals surface area contributed by atoms with Gasteiger partial charge in [-0.3, -0.25) is 14.3 Å². The second-order valence-electron chi connectivity index (χ2n) is 9.42. The standard InChI is InChI=1S/C25H31N7O2S/c1-4-5-13-30-19(15-35-25-29-28-21(16(2)3)32(25)18-11-12-18)26-22-20(30)23(33)27-24(34)31(22)14-17-9-7-6-8-10-17/h6-10,16,18H,4-5,11-15H2,1-3H3,(H,27,33,34). The number of aromatic nitrogens is 7. The summed E-state index contributed by atoms with van der Waals surface area (Å²) in [6.45, 7) is 7.41. The number of imidazole rings is 1. The Morgan fingerprint density at radius 3 is 2.57 bits per heavy atom. The van der Waals surface area contributed by atoms with E-state index in [0.29, 0.717) is 42.0 Å². The van der Waals surface area contributed by atoms with Crippen molar-refractivity contribution < 1.29 is 0 Å². The molecular formula is C25H31N7O2S. The lowest BCUT2D eigenvalue weighted by molar-refractivity contribution is 0.598. The Morgan fingerprint density at radius 2 is 1.89 bits per heavy atom. The number of unbranched alkanes of at least 4 members (excludes halogenated alkanes) is 1. The van der Waals surface area contributed by atoms with Gasteiger partial charge in [0.05, 0.1) is 12.3 Å².